The summed E-state index contributed by atoms with van der Waals surface area (Å²) in [6.07, 6.45) is -0.563. The number of aliphatic hydroxyl groups excluding tert-OH is 1. The fourth-order valence-corrected chi connectivity index (χ4v) is 2.08. The van der Waals surface area contributed by atoms with Gasteiger partial charge in [0, 0.05) is 17.6 Å². The van der Waals surface area contributed by atoms with Crippen LogP contribution < -0.4 is 10.1 Å². The molecule has 4 heteroatoms. The fraction of sp³-hybridized carbons (Fsp3) is 0.294. The maximum Gasteiger partial charge on any atom is 0.119 e. The molecule has 0 fully saturated rings. The van der Waals surface area contributed by atoms with Gasteiger partial charge in [0.1, 0.15) is 18.5 Å². The Balaban J connectivity index is 1.72. The van der Waals surface area contributed by atoms with E-state index in [-0.39, 0.29) is 12.6 Å². The van der Waals surface area contributed by atoms with Gasteiger partial charge in [-0.3, -0.25) is 0 Å². The molecule has 0 aromatic heterocycles. The summed E-state index contributed by atoms with van der Waals surface area (Å²) in [5.41, 5.74) is 1.20. The van der Waals surface area contributed by atoms with Gasteiger partial charge >= 0.3 is 0 Å². The predicted octanol–water partition coefficient (Wildman–Crippen LogP) is 3.43. The Morgan fingerprint density at radius 2 is 1.76 bits per heavy atom. The van der Waals surface area contributed by atoms with E-state index in [4.69, 9.17) is 16.3 Å². The molecule has 0 unspecified atom stereocenters. The van der Waals surface area contributed by atoms with Gasteiger partial charge in [0.25, 0.3) is 0 Å². The van der Waals surface area contributed by atoms with Crippen LogP contribution in [-0.2, 0) is 0 Å². The van der Waals surface area contributed by atoms with Crippen molar-refractivity contribution in [2.24, 2.45) is 0 Å². The molecule has 0 aliphatic rings. The van der Waals surface area contributed by atoms with E-state index in [1.165, 1.54) is 5.56 Å². The second kappa shape index (κ2) is 8.03. The number of rotatable bonds is 7. The van der Waals surface area contributed by atoms with Gasteiger partial charge in [-0.25, -0.2) is 0 Å². The molecular formula is C17H20ClNO2. The topological polar surface area (TPSA) is 41.5 Å². The predicted molar refractivity (Wildman–Crippen MR) is 85.8 cm³/mol. The number of aliphatic hydroxyl groups is 1. The highest BCUT2D eigenvalue weighted by Gasteiger charge is 2.09. The number of ether oxygens (including phenoxy) is 1. The first-order chi connectivity index (χ1) is 10.1. The zero-order chi connectivity index (χ0) is 15.1. The molecule has 0 spiro atoms. The summed E-state index contributed by atoms with van der Waals surface area (Å²) in [7, 11) is 0. The van der Waals surface area contributed by atoms with Crippen LogP contribution in [0.5, 0.6) is 5.75 Å². The zero-order valence-corrected chi connectivity index (χ0v) is 12.8. The van der Waals surface area contributed by atoms with Crippen molar-refractivity contribution in [3.63, 3.8) is 0 Å². The van der Waals surface area contributed by atoms with Crippen LogP contribution in [0.2, 0.25) is 5.02 Å². The van der Waals surface area contributed by atoms with Gasteiger partial charge < -0.3 is 15.2 Å². The molecule has 3 nitrogen and oxygen atoms in total. The Morgan fingerprint density at radius 3 is 2.43 bits per heavy atom. The SMILES string of the molecule is C[C@@H](NC[C@@H](O)COc1ccc(Cl)cc1)c1ccccc1. The van der Waals surface area contributed by atoms with Crippen molar-refractivity contribution in [2.45, 2.75) is 19.1 Å². The molecule has 0 amide bonds. The molecule has 2 aromatic carbocycles. The van der Waals surface area contributed by atoms with Crippen LogP contribution in [0.4, 0.5) is 0 Å². The maximum atomic E-state index is 9.95. The van der Waals surface area contributed by atoms with Crippen LogP contribution in [0.3, 0.4) is 0 Å². The van der Waals surface area contributed by atoms with Crippen molar-refractivity contribution in [2.75, 3.05) is 13.2 Å². The molecule has 0 bridgehead atoms. The molecule has 0 saturated heterocycles. The fourth-order valence-electron chi connectivity index (χ4n) is 1.95. The lowest BCUT2D eigenvalue weighted by atomic mass is 10.1. The minimum atomic E-state index is -0.563. The number of nitrogens with one attached hydrogen (secondary N) is 1. The molecule has 112 valence electrons. The Kier molecular flexibility index (Phi) is 6.05. The Morgan fingerprint density at radius 1 is 1.10 bits per heavy atom. The zero-order valence-electron chi connectivity index (χ0n) is 12.0. The van der Waals surface area contributed by atoms with Crippen LogP contribution in [0.1, 0.15) is 18.5 Å². The average molecular weight is 306 g/mol. The summed E-state index contributed by atoms with van der Waals surface area (Å²) < 4.78 is 5.51. The third kappa shape index (κ3) is 5.38. The summed E-state index contributed by atoms with van der Waals surface area (Å²) >= 11 is 5.80. The molecule has 21 heavy (non-hydrogen) atoms. The van der Waals surface area contributed by atoms with E-state index >= 15 is 0 Å². The van der Waals surface area contributed by atoms with Crippen molar-refractivity contribution in [3.05, 3.63) is 65.2 Å². The van der Waals surface area contributed by atoms with E-state index in [2.05, 4.69) is 24.4 Å². The van der Waals surface area contributed by atoms with E-state index in [9.17, 15) is 5.11 Å². The van der Waals surface area contributed by atoms with Gasteiger partial charge in [-0.2, -0.15) is 0 Å². The smallest absolute Gasteiger partial charge is 0.119 e. The van der Waals surface area contributed by atoms with E-state index in [1.807, 2.05) is 18.2 Å². The van der Waals surface area contributed by atoms with Crippen LogP contribution in [0.25, 0.3) is 0 Å². The summed E-state index contributed by atoms with van der Waals surface area (Å²) in [5, 5.41) is 13.9. The molecular weight excluding hydrogens is 286 g/mol. The highest BCUT2D eigenvalue weighted by molar-refractivity contribution is 6.30. The molecule has 0 heterocycles. The van der Waals surface area contributed by atoms with Crippen molar-refractivity contribution in [1.29, 1.82) is 0 Å². The van der Waals surface area contributed by atoms with Crippen LogP contribution in [0.15, 0.2) is 54.6 Å². The Labute approximate surface area is 130 Å². The number of benzene rings is 2. The summed E-state index contributed by atoms with van der Waals surface area (Å²) in [6.45, 7) is 2.79. The van der Waals surface area contributed by atoms with Gasteiger partial charge in [-0.1, -0.05) is 41.9 Å². The molecule has 2 N–H and O–H groups in total. The largest absolute Gasteiger partial charge is 0.491 e. The van der Waals surface area contributed by atoms with Gasteiger partial charge in [-0.15, -0.1) is 0 Å². The summed E-state index contributed by atoms with van der Waals surface area (Å²) in [6, 6.07) is 17.4. The van der Waals surface area contributed by atoms with E-state index in [0.717, 1.165) is 0 Å². The van der Waals surface area contributed by atoms with Crippen molar-refractivity contribution >= 4 is 11.6 Å². The van der Waals surface area contributed by atoms with Crippen LogP contribution in [0, 0.1) is 0 Å². The normalized spacial score (nSPS) is 13.7. The Bertz CT molecular complexity index is 530. The number of hydrogen-bond donors (Lipinski definition) is 2. The number of hydrogen-bond acceptors (Lipinski definition) is 3. The average Bonchev–Trinajstić information content (AvgIpc) is 2.53. The van der Waals surface area contributed by atoms with Crippen molar-refractivity contribution < 1.29 is 9.84 Å². The summed E-state index contributed by atoms with van der Waals surface area (Å²) in [4.78, 5) is 0. The third-order valence-corrected chi connectivity index (χ3v) is 3.47. The van der Waals surface area contributed by atoms with Crippen molar-refractivity contribution in [1.82, 2.24) is 5.32 Å². The minimum absolute atomic E-state index is 0.191. The first-order valence-corrected chi connectivity index (χ1v) is 7.37. The lowest BCUT2D eigenvalue weighted by Crippen LogP contribution is -2.33. The molecule has 2 rings (SSSR count). The maximum absolute atomic E-state index is 9.95. The van der Waals surface area contributed by atoms with E-state index < -0.39 is 6.10 Å². The Hall–Kier alpha value is -1.55. The monoisotopic (exact) mass is 305 g/mol. The molecule has 2 aromatic rings. The second-order valence-corrected chi connectivity index (χ2v) is 5.40. The van der Waals surface area contributed by atoms with Gasteiger partial charge in [0.05, 0.1) is 0 Å². The quantitative estimate of drug-likeness (QED) is 0.823. The van der Waals surface area contributed by atoms with Crippen LogP contribution in [-0.4, -0.2) is 24.4 Å². The number of halogens is 1. The van der Waals surface area contributed by atoms with Gasteiger partial charge in [0.15, 0.2) is 0 Å². The minimum Gasteiger partial charge on any atom is -0.491 e. The van der Waals surface area contributed by atoms with Crippen LogP contribution >= 0.6 is 11.6 Å². The van der Waals surface area contributed by atoms with E-state index in [0.29, 0.717) is 17.3 Å². The molecule has 0 aliphatic heterocycles. The van der Waals surface area contributed by atoms with E-state index in [1.54, 1.807) is 24.3 Å². The molecule has 0 saturated carbocycles. The first kappa shape index (κ1) is 15.8. The lowest BCUT2D eigenvalue weighted by Gasteiger charge is -2.18. The standard InChI is InChI=1S/C17H20ClNO2/c1-13(14-5-3-2-4-6-14)19-11-16(20)12-21-17-9-7-15(18)8-10-17/h2-10,13,16,19-20H,11-12H2,1H3/t13-,16-/m1/s1. The first-order valence-electron chi connectivity index (χ1n) is 7.00. The third-order valence-electron chi connectivity index (χ3n) is 3.22. The highest BCUT2D eigenvalue weighted by atomic mass is 35.5. The van der Waals surface area contributed by atoms with Gasteiger partial charge in [0.2, 0.25) is 0 Å². The highest BCUT2D eigenvalue weighted by Crippen LogP contribution is 2.15. The molecule has 2 atom stereocenters. The summed E-state index contributed by atoms with van der Waals surface area (Å²) in [5.74, 6) is 0.703. The molecule has 0 aliphatic carbocycles. The van der Waals surface area contributed by atoms with Crippen molar-refractivity contribution in [3.8, 4) is 5.75 Å². The lowest BCUT2D eigenvalue weighted by molar-refractivity contribution is 0.104. The van der Waals surface area contributed by atoms with Gasteiger partial charge in [-0.05, 0) is 36.8 Å². The molecule has 0 radical (unpaired) electrons. The second-order valence-electron chi connectivity index (χ2n) is 4.96.